The molecule has 4 aliphatic rings. The van der Waals surface area contributed by atoms with Crippen LogP contribution in [-0.2, 0) is 63.4 Å². The standard InChI is InChI=1S/C45H59N9O10S/c1-51-37-22-29(9-14-34(37)54(45(51)62)36-16-18-39(56)50-43(36)60)21-26-3-5-27(6-4-26)23-40(57)52-20-19-30-10-15-35(53(30)44(61)32(46)25-52)42(59)49-33(13-17-38(47)55)41(58)48-24-28-7-11-31(12-8-28)65(2,63)64/h7-9,11-12,14,22,26-27,30,32-33,35-36H,3-6,10,13,15-21,23-25,46H2,1-2H3,(H2,47,55)(H,48,58)(H,49,59)(H,50,56,60)/t26?,27?,30?,32-,33+,35-,36?/m0/s1. The van der Waals surface area contributed by atoms with Gasteiger partial charge in [0.15, 0.2) is 9.84 Å². The van der Waals surface area contributed by atoms with E-state index in [2.05, 4.69) is 16.0 Å². The van der Waals surface area contributed by atoms with Gasteiger partial charge in [-0.1, -0.05) is 18.2 Å². The van der Waals surface area contributed by atoms with Crippen LogP contribution in [0.2, 0.25) is 0 Å². The van der Waals surface area contributed by atoms with E-state index in [-0.39, 0.29) is 73.1 Å². The van der Waals surface area contributed by atoms with Crippen LogP contribution in [0.5, 0.6) is 0 Å². The Bertz CT molecular complexity index is 2530. The van der Waals surface area contributed by atoms with E-state index in [0.717, 1.165) is 49.4 Å². The fourth-order valence-corrected chi connectivity index (χ4v) is 10.6. The summed E-state index contributed by atoms with van der Waals surface area (Å²) in [4.78, 5) is 107. The lowest BCUT2D eigenvalue weighted by molar-refractivity contribution is -0.145. The molecule has 65 heavy (non-hydrogen) atoms. The lowest BCUT2D eigenvalue weighted by Crippen LogP contribution is -2.60. The highest BCUT2D eigenvalue weighted by atomic mass is 32.2. The van der Waals surface area contributed by atoms with Crippen molar-refractivity contribution in [3.05, 3.63) is 64.1 Å². The van der Waals surface area contributed by atoms with E-state index >= 15 is 0 Å². The summed E-state index contributed by atoms with van der Waals surface area (Å²) >= 11 is 0. The second-order valence-electron chi connectivity index (χ2n) is 18.2. The molecular formula is C45H59N9O10S. The van der Waals surface area contributed by atoms with Crippen molar-refractivity contribution in [3.63, 3.8) is 0 Å². The van der Waals surface area contributed by atoms with Gasteiger partial charge in [-0.25, -0.2) is 13.2 Å². The van der Waals surface area contributed by atoms with Gasteiger partial charge in [0.2, 0.25) is 41.4 Å². The average Bonchev–Trinajstić information content (AvgIpc) is 3.79. The Hall–Kier alpha value is -5.89. The Labute approximate surface area is 376 Å². The molecule has 7 rings (SSSR count). The number of imidazole rings is 1. The molecule has 1 aromatic heterocycles. The number of primary amides is 1. The number of hydrogen-bond acceptors (Lipinski definition) is 11. The van der Waals surface area contributed by atoms with Gasteiger partial charge in [-0.15, -0.1) is 0 Å². The quantitative estimate of drug-likeness (QED) is 0.139. The van der Waals surface area contributed by atoms with Crippen LogP contribution in [0.4, 0.5) is 0 Å². The van der Waals surface area contributed by atoms with Crippen molar-refractivity contribution in [3.8, 4) is 0 Å². The highest BCUT2D eigenvalue weighted by Crippen LogP contribution is 2.35. The molecular weight excluding hydrogens is 859 g/mol. The van der Waals surface area contributed by atoms with Crippen LogP contribution in [-0.4, -0.2) is 112 Å². The molecule has 7 amide bonds. The molecule has 4 fully saturated rings. The van der Waals surface area contributed by atoms with Gasteiger partial charge >= 0.3 is 5.69 Å². The van der Waals surface area contributed by atoms with E-state index in [0.29, 0.717) is 49.2 Å². The molecule has 2 aromatic carbocycles. The highest BCUT2D eigenvalue weighted by Gasteiger charge is 2.45. The molecule has 350 valence electrons. The number of nitrogens with two attached hydrogens (primary N) is 2. The van der Waals surface area contributed by atoms with Crippen molar-refractivity contribution in [1.82, 2.24) is 34.9 Å². The molecule has 0 bridgehead atoms. The van der Waals surface area contributed by atoms with Gasteiger partial charge < -0.3 is 31.9 Å². The molecule has 7 N–H and O–H groups in total. The number of amides is 7. The number of sulfone groups is 1. The SMILES string of the molecule is Cn1c(=O)n(C2CCC(=O)NC2=O)c2ccc(CC3CCC(CC(=O)N4CCC5CC[C@@H](C(=O)N[C@H](CCC(N)=O)C(=O)NCc6ccc(S(C)(=O)=O)cc6)N5C(=O)[C@@H](N)C4)CC3)cc21. The van der Waals surface area contributed by atoms with Crippen LogP contribution in [0.3, 0.4) is 0 Å². The minimum Gasteiger partial charge on any atom is -0.370 e. The van der Waals surface area contributed by atoms with Gasteiger partial charge in [0.25, 0.3) is 0 Å². The molecule has 1 aliphatic carbocycles. The second-order valence-corrected chi connectivity index (χ2v) is 20.2. The maximum Gasteiger partial charge on any atom is 0.329 e. The Morgan fingerprint density at radius 1 is 0.877 bits per heavy atom. The monoisotopic (exact) mass is 917 g/mol. The first kappa shape index (κ1) is 47.1. The van der Waals surface area contributed by atoms with E-state index < -0.39 is 63.5 Å². The predicted octanol–water partition coefficient (Wildman–Crippen LogP) is 0.446. The minimum absolute atomic E-state index is 0.00955. The number of carbonyl (C=O) groups is 7. The van der Waals surface area contributed by atoms with Crippen molar-refractivity contribution in [2.24, 2.45) is 30.4 Å². The van der Waals surface area contributed by atoms with E-state index in [1.807, 2.05) is 18.2 Å². The summed E-state index contributed by atoms with van der Waals surface area (Å²) in [5, 5.41) is 7.79. The third kappa shape index (κ3) is 10.8. The normalized spacial score (nSPS) is 24.4. The Morgan fingerprint density at radius 2 is 1.57 bits per heavy atom. The van der Waals surface area contributed by atoms with E-state index in [4.69, 9.17) is 11.5 Å². The van der Waals surface area contributed by atoms with Crippen molar-refractivity contribution < 1.29 is 42.0 Å². The zero-order valence-electron chi connectivity index (χ0n) is 36.8. The smallest absolute Gasteiger partial charge is 0.329 e. The Morgan fingerprint density at radius 3 is 2.25 bits per heavy atom. The zero-order chi connectivity index (χ0) is 46.7. The Kier molecular flexibility index (Phi) is 14.3. The maximum absolute atomic E-state index is 13.9. The maximum atomic E-state index is 13.9. The summed E-state index contributed by atoms with van der Waals surface area (Å²) in [5.41, 5.74) is 14.6. The molecule has 4 heterocycles. The first-order chi connectivity index (χ1) is 30.9. The third-order valence-electron chi connectivity index (χ3n) is 13.6. The molecule has 5 atom stereocenters. The fraction of sp³-hybridized carbons (Fsp3) is 0.556. The van der Waals surface area contributed by atoms with Crippen LogP contribution >= 0.6 is 0 Å². The number of benzene rings is 2. The van der Waals surface area contributed by atoms with Gasteiger partial charge in [0.1, 0.15) is 24.2 Å². The number of piperidine rings is 1. The number of nitrogens with zero attached hydrogens (tertiary/aromatic N) is 4. The summed E-state index contributed by atoms with van der Waals surface area (Å²) in [6.07, 6.45) is 7.30. The van der Waals surface area contributed by atoms with Crippen LogP contribution < -0.4 is 33.1 Å². The average molecular weight is 918 g/mol. The number of carbonyl (C=O) groups excluding carboxylic acids is 7. The van der Waals surface area contributed by atoms with Crippen LogP contribution in [0, 0.1) is 11.8 Å². The molecule has 2 unspecified atom stereocenters. The van der Waals surface area contributed by atoms with Gasteiger partial charge in [-0.3, -0.25) is 48.0 Å². The number of rotatable bonds is 14. The fourth-order valence-electron chi connectivity index (χ4n) is 9.99. The van der Waals surface area contributed by atoms with E-state index in [1.54, 1.807) is 28.6 Å². The van der Waals surface area contributed by atoms with Gasteiger partial charge in [-0.05, 0) is 111 Å². The van der Waals surface area contributed by atoms with E-state index in [9.17, 15) is 46.8 Å². The zero-order valence-corrected chi connectivity index (χ0v) is 37.6. The summed E-state index contributed by atoms with van der Waals surface area (Å²) in [6, 6.07) is 7.66. The molecule has 3 aliphatic heterocycles. The largest absolute Gasteiger partial charge is 0.370 e. The van der Waals surface area contributed by atoms with Gasteiger partial charge in [0, 0.05) is 58.2 Å². The molecule has 1 saturated carbocycles. The number of imide groups is 1. The summed E-state index contributed by atoms with van der Waals surface area (Å²) < 4.78 is 26.7. The lowest BCUT2D eigenvalue weighted by Gasteiger charge is -2.38. The van der Waals surface area contributed by atoms with Crippen LogP contribution in [0.15, 0.2) is 52.2 Å². The number of hydrogen-bond donors (Lipinski definition) is 5. The molecule has 0 spiro atoms. The molecule has 0 radical (unpaired) electrons. The van der Waals surface area contributed by atoms with Crippen LogP contribution in [0.1, 0.15) is 94.2 Å². The van der Waals surface area contributed by atoms with Crippen molar-refractivity contribution in [2.75, 3.05) is 19.3 Å². The number of aromatic nitrogens is 2. The molecule has 19 nitrogen and oxygen atoms in total. The lowest BCUT2D eigenvalue weighted by atomic mass is 9.78. The summed E-state index contributed by atoms with van der Waals surface area (Å²) in [6.45, 7) is 0.411. The third-order valence-corrected chi connectivity index (χ3v) is 14.8. The molecule has 3 saturated heterocycles. The number of nitrogens with one attached hydrogen (secondary N) is 3. The van der Waals surface area contributed by atoms with Crippen molar-refractivity contribution in [1.29, 1.82) is 0 Å². The molecule has 3 aromatic rings. The highest BCUT2D eigenvalue weighted by molar-refractivity contribution is 7.90. The Balaban J connectivity index is 0.901. The van der Waals surface area contributed by atoms with E-state index in [1.165, 1.54) is 21.6 Å². The first-order valence-corrected chi connectivity index (χ1v) is 24.3. The predicted molar refractivity (Wildman–Crippen MR) is 237 cm³/mol. The minimum atomic E-state index is -3.40. The van der Waals surface area contributed by atoms with Gasteiger partial charge in [0.05, 0.1) is 15.9 Å². The summed E-state index contributed by atoms with van der Waals surface area (Å²) in [5.74, 6) is -2.54. The van der Waals surface area contributed by atoms with Crippen molar-refractivity contribution >= 4 is 62.2 Å². The number of fused-ring (bicyclic) bond motifs is 2. The topological polar surface area (TPSA) is 275 Å². The van der Waals surface area contributed by atoms with Gasteiger partial charge in [-0.2, -0.15) is 0 Å². The number of aryl methyl sites for hydroxylation is 1. The van der Waals surface area contributed by atoms with Crippen LogP contribution in [0.25, 0.3) is 11.0 Å². The summed E-state index contributed by atoms with van der Waals surface area (Å²) in [7, 11) is -1.72. The molecule has 20 heteroatoms. The second kappa shape index (κ2) is 19.7. The first-order valence-electron chi connectivity index (χ1n) is 22.4. The van der Waals surface area contributed by atoms with Crippen molar-refractivity contribution in [2.45, 2.75) is 125 Å².